The minimum atomic E-state index is -0.360. The lowest BCUT2D eigenvalue weighted by atomic mass is 10.1. The zero-order valence-corrected chi connectivity index (χ0v) is 13.5. The summed E-state index contributed by atoms with van der Waals surface area (Å²) < 4.78 is 13.5. The van der Waals surface area contributed by atoms with Crippen LogP contribution in [0.1, 0.15) is 28.9 Å². The average molecular weight is 343 g/mol. The topological polar surface area (TPSA) is 77.8 Å². The Morgan fingerprint density at radius 3 is 2.75 bits per heavy atom. The van der Waals surface area contributed by atoms with Crippen molar-refractivity contribution < 1.29 is 9.18 Å². The number of aromatic amines is 2. The molecule has 1 aromatic heterocycles. The summed E-state index contributed by atoms with van der Waals surface area (Å²) in [7, 11) is 0. The van der Waals surface area contributed by atoms with Gasteiger partial charge in [-0.3, -0.25) is 14.6 Å². The minimum absolute atomic E-state index is 0.193. The van der Waals surface area contributed by atoms with Gasteiger partial charge in [-0.25, -0.2) is 4.39 Å². The van der Waals surface area contributed by atoms with Crippen LogP contribution in [0.4, 0.5) is 4.39 Å². The maximum atomic E-state index is 13.3. The summed E-state index contributed by atoms with van der Waals surface area (Å²) in [5.41, 5.74) is 1.21. The van der Waals surface area contributed by atoms with Crippen molar-refractivity contribution in [2.75, 3.05) is 0 Å². The molecular weight excluding hydrogens is 329 g/mol. The number of carbonyl (C=O) groups excluding carboxylic acids is 1. The monoisotopic (exact) mass is 343 g/mol. The van der Waals surface area contributed by atoms with E-state index in [4.69, 9.17) is 12.2 Å². The van der Waals surface area contributed by atoms with Gasteiger partial charge in [0.05, 0.1) is 16.9 Å². The number of halogens is 1. The van der Waals surface area contributed by atoms with Crippen LogP contribution in [-0.2, 0) is 0 Å². The van der Waals surface area contributed by atoms with Crippen LogP contribution in [0.3, 0.4) is 0 Å². The van der Waals surface area contributed by atoms with Gasteiger partial charge in [0.25, 0.3) is 11.5 Å². The number of amides is 1. The zero-order chi connectivity index (χ0) is 17.3. The molecule has 0 radical (unpaired) electrons. The first-order chi connectivity index (χ1) is 11.4. The van der Waals surface area contributed by atoms with Crippen LogP contribution in [0.15, 0.2) is 47.3 Å². The standard InChI is InChI=1S/C17H14FN3O2S/c1-9(10-3-2-4-12(18)7-10)19-15(22)11-5-6-13-14(8-11)20-17(24)21-16(13)23/h2-9H,1H3,(H,19,22)(H2,20,21,23,24). The maximum Gasteiger partial charge on any atom is 0.259 e. The molecule has 2 aromatic carbocycles. The van der Waals surface area contributed by atoms with Crippen molar-refractivity contribution in [3.05, 3.63) is 74.5 Å². The molecule has 122 valence electrons. The third-order valence-electron chi connectivity index (χ3n) is 3.70. The lowest BCUT2D eigenvalue weighted by Gasteiger charge is -2.14. The molecule has 0 spiro atoms. The average Bonchev–Trinajstić information content (AvgIpc) is 2.54. The summed E-state index contributed by atoms with van der Waals surface area (Å²) in [5.74, 6) is -0.681. The van der Waals surface area contributed by atoms with Gasteiger partial charge in [-0.15, -0.1) is 0 Å². The summed E-state index contributed by atoms with van der Waals surface area (Å²) in [5, 5.41) is 3.22. The van der Waals surface area contributed by atoms with Crippen molar-refractivity contribution in [1.29, 1.82) is 0 Å². The predicted molar refractivity (Wildman–Crippen MR) is 92.0 cm³/mol. The van der Waals surface area contributed by atoms with Crippen LogP contribution in [0.5, 0.6) is 0 Å². The van der Waals surface area contributed by atoms with Crippen LogP contribution >= 0.6 is 12.2 Å². The number of benzene rings is 2. The van der Waals surface area contributed by atoms with E-state index in [-0.39, 0.29) is 28.1 Å². The molecule has 1 amide bonds. The second-order valence-electron chi connectivity index (χ2n) is 5.42. The van der Waals surface area contributed by atoms with Crippen molar-refractivity contribution in [2.24, 2.45) is 0 Å². The summed E-state index contributed by atoms with van der Waals surface area (Å²) in [6.07, 6.45) is 0. The first-order valence-corrected chi connectivity index (χ1v) is 7.67. The Bertz CT molecular complexity index is 1040. The molecule has 3 rings (SSSR count). The van der Waals surface area contributed by atoms with E-state index in [0.717, 1.165) is 0 Å². The van der Waals surface area contributed by atoms with Crippen LogP contribution in [0, 0.1) is 10.6 Å². The number of H-pyrrole nitrogens is 2. The largest absolute Gasteiger partial charge is 0.346 e. The lowest BCUT2D eigenvalue weighted by Crippen LogP contribution is -2.26. The molecule has 3 N–H and O–H groups in total. The van der Waals surface area contributed by atoms with E-state index >= 15 is 0 Å². The van der Waals surface area contributed by atoms with Gasteiger partial charge in [0.15, 0.2) is 4.77 Å². The summed E-state index contributed by atoms with van der Waals surface area (Å²) in [4.78, 5) is 29.5. The molecule has 0 aliphatic carbocycles. The van der Waals surface area contributed by atoms with Crippen molar-refractivity contribution in [1.82, 2.24) is 15.3 Å². The highest BCUT2D eigenvalue weighted by Crippen LogP contribution is 2.15. The van der Waals surface area contributed by atoms with Crippen LogP contribution < -0.4 is 10.9 Å². The number of fused-ring (bicyclic) bond motifs is 1. The van der Waals surface area contributed by atoms with Crippen LogP contribution in [0.25, 0.3) is 10.9 Å². The van der Waals surface area contributed by atoms with Gasteiger partial charge in [-0.1, -0.05) is 12.1 Å². The molecule has 0 fully saturated rings. The highest BCUT2D eigenvalue weighted by Gasteiger charge is 2.13. The molecule has 3 aromatic rings. The Kier molecular flexibility index (Phi) is 4.26. The van der Waals surface area contributed by atoms with Crippen molar-refractivity contribution in [3.63, 3.8) is 0 Å². The number of carbonyl (C=O) groups is 1. The van der Waals surface area contributed by atoms with Crippen molar-refractivity contribution in [3.8, 4) is 0 Å². The van der Waals surface area contributed by atoms with E-state index < -0.39 is 0 Å². The van der Waals surface area contributed by atoms with Crippen molar-refractivity contribution >= 4 is 29.0 Å². The summed E-state index contributed by atoms with van der Waals surface area (Å²) in [6, 6.07) is 10.4. The quantitative estimate of drug-likeness (QED) is 0.639. The lowest BCUT2D eigenvalue weighted by molar-refractivity contribution is 0.0940. The van der Waals surface area contributed by atoms with Crippen LogP contribution in [-0.4, -0.2) is 15.9 Å². The van der Waals surface area contributed by atoms with Gasteiger partial charge in [-0.2, -0.15) is 0 Å². The second-order valence-corrected chi connectivity index (χ2v) is 5.83. The number of nitrogens with one attached hydrogen (secondary N) is 3. The molecule has 24 heavy (non-hydrogen) atoms. The van der Waals surface area contributed by atoms with Crippen LogP contribution in [0.2, 0.25) is 0 Å². The summed E-state index contributed by atoms with van der Waals surface area (Å²) in [6.45, 7) is 1.77. The van der Waals surface area contributed by atoms with E-state index in [2.05, 4.69) is 15.3 Å². The minimum Gasteiger partial charge on any atom is -0.346 e. The third-order valence-corrected chi connectivity index (χ3v) is 3.90. The van der Waals surface area contributed by atoms with Gasteiger partial charge in [0.1, 0.15) is 5.82 Å². The van der Waals surface area contributed by atoms with E-state index in [1.807, 2.05) is 0 Å². The third kappa shape index (κ3) is 3.26. The highest BCUT2D eigenvalue weighted by molar-refractivity contribution is 7.71. The smallest absolute Gasteiger partial charge is 0.259 e. The molecule has 0 bridgehead atoms. The molecule has 1 atom stereocenters. The Hall–Kier alpha value is -2.80. The Morgan fingerprint density at radius 1 is 1.21 bits per heavy atom. The second kappa shape index (κ2) is 6.37. The van der Waals surface area contributed by atoms with E-state index in [1.54, 1.807) is 37.3 Å². The fourth-order valence-corrected chi connectivity index (χ4v) is 2.65. The van der Waals surface area contributed by atoms with E-state index in [0.29, 0.717) is 22.0 Å². The molecule has 5 nitrogen and oxygen atoms in total. The van der Waals surface area contributed by atoms with Gasteiger partial charge in [-0.05, 0) is 55.0 Å². The molecule has 0 saturated heterocycles. The van der Waals surface area contributed by atoms with Gasteiger partial charge < -0.3 is 10.3 Å². The van der Waals surface area contributed by atoms with Gasteiger partial charge in [0.2, 0.25) is 0 Å². The molecule has 0 aliphatic heterocycles. The molecule has 0 saturated carbocycles. The fourth-order valence-electron chi connectivity index (χ4n) is 2.45. The molecule has 1 heterocycles. The first kappa shape index (κ1) is 16.1. The molecular formula is C17H14FN3O2S. The van der Waals surface area contributed by atoms with E-state index in [1.165, 1.54) is 12.1 Å². The normalized spacial score (nSPS) is 12.1. The first-order valence-electron chi connectivity index (χ1n) is 7.27. The Balaban J connectivity index is 1.88. The Labute approximate surface area is 141 Å². The SMILES string of the molecule is CC(NC(=O)c1ccc2c(=O)[nH]c(=S)[nH]c2c1)c1cccc(F)c1. The highest BCUT2D eigenvalue weighted by atomic mass is 32.1. The Morgan fingerprint density at radius 2 is 2.00 bits per heavy atom. The molecule has 1 unspecified atom stereocenters. The molecule has 0 aliphatic rings. The van der Waals surface area contributed by atoms with E-state index in [9.17, 15) is 14.0 Å². The summed E-state index contributed by atoms with van der Waals surface area (Å²) >= 11 is 4.93. The predicted octanol–water partition coefficient (Wildman–Crippen LogP) is 3.22. The number of rotatable bonds is 3. The van der Waals surface area contributed by atoms with Crippen molar-refractivity contribution in [2.45, 2.75) is 13.0 Å². The number of hydrogen-bond acceptors (Lipinski definition) is 3. The fraction of sp³-hybridized carbons (Fsp3) is 0.118. The number of hydrogen-bond donors (Lipinski definition) is 3. The van der Waals surface area contributed by atoms with Gasteiger partial charge in [0, 0.05) is 5.56 Å². The number of aromatic nitrogens is 2. The van der Waals surface area contributed by atoms with Gasteiger partial charge >= 0.3 is 0 Å². The molecule has 7 heteroatoms. The zero-order valence-electron chi connectivity index (χ0n) is 12.7. The maximum absolute atomic E-state index is 13.3.